The molecule has 0 spiro atoms. The van der Waals surface area contributed by atoms with Crippen molar-refractivity contribution in [1.82, 2.24) is 15.2 Å². The minimum atomic E-state index is -0.192. The summed E-state index contributed by atoms with van der Waals surface area (Å²) < 4.78 is 0. The van der Waals surface area contributed by atoms with E-state index in [2.05, 4.69) is 15.2 Å². The van der Waals surface area contributed by atoms with Crippen LogP contribution in [0.3, 0.4) is 0 Å². The first-order valence-corrected chi connectivity index (χ1v) is 7.10. The van der Waals surface area contributed by atoms with Crippen LogP contribution in [0.25, 0.3) is 12.2 Å². The molecule has 0 unspecified atom stereocenters. The zero-order valence-corrected chi connectivity index (χ0v) is 12.3. The summed E-state index contributed by atoms with van der Waals surface area (Å²) in [4.78, 5) is 14.8. The molecule has 5 nitrogen and oxygen atoms in total. The third-order valence-electron chi connectivity index (χ3n) is 3.30. The van der Waals surface area contributed by atoms with Gasteiger partial charge in [-0.05, 0) is 42.3 Å². The van der Waals surface area contributed by atoms with Gasteiger partial charge in [0.1, 0.15) is 10.9 Å². The molecule has 0 aliphatic heterocycles. The Kier molecular flexibility index (Phi) is 3.89. The molecule has 0 saturated heterocycles. The first-order chi connectivity index (χ1) is 10.6. The number of aromatic hydroxyl groups is 1. The van der Waals surface area contributed by atoms with Crippen LogP contribution in [0.1, 0.15) is 11.3 Å². The predicted molar refractivity (Wildman–Crippen MR) is 86.3 cm³/mol. The average molecular weight is 316 g/mol. The number of hydrogen-bond acceptors (Lipinski definition) is 2. The van der Waals surface area contributed by atoms with E-state index >= 15 is 0 Å². The van der Waals surface area contributed by atoms with Gasteiger partial charge in [-0.15, -0.1) is 0 Å². The van der Waals surface area contributed by atoms with Gasteiger partial charge in [-0.2, -0.15) is 0 Å². The summed E-state index contributed by atoms with van der Waals surface area (Å²) in [6.07, 6.45) is 4.30. The number of aromatic amines is 3. The smallest absolute Gasteiger partial charge is 0.271 e. The van der Waals surface area contributed by atoms with Crippen molar-refractivity contribution in [2.75, 3.05) is 0 Å². The summed E-state index contributed by atoms with van der Waals surface area (Å²) >= 11 is 5.84. The van der Waals surface area contributed by atoms with E-state index in [9.17, 15) is 9.90 Å². The molecule has 112 valence electrons. The van der Waals surface area contributed by atoms with Crippen LogP contribution in [0.4, 0.5) is 0 Å². The number of phenolic OH excluding ortho intramolecular Hbond substituents is 1. The van der Waals surface area contributed by atoms with Crippen LogP contribution in [0, 0.1) is 0 Å². The molecule has 22 heavy (non-hydrogen) atoms. The molecule has 4 N–H and O–H groups in total. The van der Waals surface area contributed by atoms with Crippen LogP contribution >= 0.6 is 11.6 Å². The van der Waals surface area contributed by atoms with Crippen molar-refractivity contribution in [3.63, 3.8) is 0 Å². The maximum atomic E-state index is 11.9. The molecular formula is C16H14ClN3O2. The molecule has 1 aromatic carbocycles. The normalized spacial score (nSPS) is 13.0. The quantitative estimate of drug-likeness (QED) is 0.586. The van der Waals surface area contributed by atoms with Gasteiger partial charge in [-0.25, -0.2) is 0 Å². The van der Waals surface area contributed by atoms with Gasteiger partial charge in [-0.1, -0.05) is 29.8 Å². The van der Waals surface area contributed by atoms with E-state index in [1.165, 1.54) is 0 Å². The highest BCUT2D eigenvalue weighted by molar-refractivity contribution is 6.29. The zero-order valence-electron chi connectivity index (χ0n) is 11.6. The lowest BCUT2D eigenvalue weighted by Crippen LogP contribution is -2.33. The van der Waals surface area contributed by atoms with Crippen molar-refractivity contribution >= 4 is 23.8 Å². The van der Waals surface area contributed by atoms with Gasteiger partial charge in [0.05, 0.1) is 10.6 Å². The summed E-state index contributed by atoms with van der Waals surface area (Å²) in [5.41, 5.74) is 1.60. The highest BCUT2D eigenvalue weighted by Gasteiger charge is 1.98. The summed E-state index contributed by atoms with van der Waals surface area (Å²) in [5.74, 6) is 0.233. The summed E-state index contributed by atoms with van der Waals surface area (Å²) in [6, 6.07) is 10.5. The van der Waals surface area contributed by atoms with Crippen LogP contribution < -0.4 is 16.1 Å². The number of halogens is 1. The van der Waals surface area contributed by atoms with Crippen molar-refractivity contribution < 1.29 is 5.11 Å². The SMILES string of the molecule is O=c1[nH][nH]c(=CCc2ccc(O)cc2)c1=Cc1ccc(Cl)[nH]1. The molecule has 0 amide bonds. The molecule has 6 heteroatoms. The van der Waals surface area contributed by atoms with Crippen LogP contribution in [0.15, 0.2) is 41.2 Å². The molecule has 0 fully saturated rings. The van der Waals surface area contributed by atoms with Crippen LogP contribution in [-0.2, 0) is 6.42 Å². The maximum Gasteiger partial charge on any atom is 0.271 e. The molecule has 2 aromatic heterocycles. The Balaban J connectivity index is 1.98. The lowest BCUT2D eigenvalue weighted by molar-refractivity contribution is 0.475. The number of aromatic nitrogens is 3. The second kappa shape index (κ2) is 5.99. The largest absolute Gasteiger partial charge is 0.508 e. The van der Waals surface area contributed by atoms with Crippen LogP contribution in [-0.4, -0.2) is 20.3 Å². The third-order valence-corrected chi connectivity index (χ3v) is 3.52. The summed E-state index contributed by atoms with van der Waals surface area (Å²) in [6.45, 7) is 0. The summed E-state index contributed by atoms with van der Waals surface area (Å²) in [7, 11) is 0. The van der Waals surface area contributed by atoms with E-state index in [1.54, 1.807) is 30.3 Å². The fraction of sp³-hybridized carbons (Fsp3) is 0.0625. The van der Waals surface area contributed by atoms with Crippen LogP contribution in [0.2, 0.25) is 5.15 Å². The van der Waals surface area contributed by atoms with Gasteiger partial charge in [0.15, 0.2) is 0 Å². The highest BCUT2D eigenvalue weighted by atomic mass is 35.5. The van der Waals surface area contributed by atoms with E-state index < -0.39 is 0 Å². The van der Waals surface area contributed by atoms with Crippen molar-refractivity contribution in [2.45, 2.75) is 6.42 Å². The van der Waals surface area contributed by atoms with Gasteiger partial charge in [0.2, 0.25) is 0 Å². The Morgan fingerprint density at radius 1 is 1.09 bits per heavy atom. The second-order valence-electron chi connectivity index (χ2n) is 4.89. The molecule has 0 saturated carbocycles. The highest BCUT2D eigenvalue weighted by Crippen LogP contribution is 2.10. The minimum Gasteiger partial charge on any atom is -0.508 e. The Labute approximate surface area is 130 Å². The number of benzene rings is 1. The number of rotatable bonds is 3. The van der Waals surface area contributed by atoms with Gasteiger partial charge < -0.3 is 10.1 Å². The van der Waals surface area contributed by atoms with Crippen molar-refractivity contribution in [2.24, 2.45) is 0 Å². The summed E-state index contributed by atoms with van der Waals surface area (Å²) in [5, 5.41) is 16.5. The standard InChI is InChI=1S/C16H14ClN3O2/c17-15-8-4-11(18-15)9-13-14(19-20-16(13)22)7-3-10-1-5-12(21)6-2-10/h1-2,4-9,18-19,21H,3H2,(H,20,22). The zero-order chi connectivity index (χ0) is 15.5. The first-order valence-electron chi connectivity index (χ1n) is 6.73. The Bertz CT molecular complexity index is 948. The fourth-order valence-electron chi connectivity index (χ4n) is 2.16. The Morgan fingerprint density at radius 3 is 2.55 bits per heavy atom. The maximum absolute atomic E-state index is 11.9. The molecule has 0 aliphatic carbocycles. The third kappa shape index (κ3) is 3.15. The topological polar surface area (TPSA) is 84.7 Å². The molecule has 2 heterocycles. The average Bonchev–Trinajstić information content (AvgIpc) is 3.06. The second-order valence-corrected chi connectivity index (χ2v) is 5.29. The molecule has 0 atom stereocenters. The van der Waals surface area contributed by atoms with E-state index in [0.29, 0.717) is 22.1 Å². The Hall–Kier alpha value is -2.66. The lowest BCUT2D eigenvalue weighted by atomic mass is 10.1. The van der Waals surface area contributed by atoms with Crippen molar-refractivity contribution in [3.8, 4) is 5.75 Å². The molecule has 0 bridgehead atoms. The van der Waals surface area contributed by atoms with Crippen molar-refractivity contribution in [3.05, 3.63) is 73.7 Å². The number of H-pyrrole nitrogens is 3. The Morgan fingerprint density at radius 2 is 1.86 bits per heavy atom. The van der Waals surface area contributed by atoms with Crippen molar-refractivity contribution in [1.29, 1.82) is 0 Å². The van der Waals surface area contributed by atoms with E-state index in [1.807, 2.05) is 18.2 Å². The number of nitrogens with one attached hydrogen (secondary N) is 3. The molecule has 0 radical (unpaired) electrons. The molecule has 0 aliphatic rings. The van der Waals surface area contributed by atoms with Crippen LogP contribution in [0.5, 0.6) is 5.75 Å². The number of phenols is 1. The fourth-order valence-corrected chi connectivity index (χ4v) is 2.33. The van der Waals surface area contributed by atoms with Gasteiger partial charge >= 0.3 is 0 Å². The van der Waals surface area contributed by atoms with Gasteiger partial charge in [-0.3, -0.25) is 15.0 Å². The number of hydrogen-bond donors (Lipinski definition) is 4. The molecule has 3 aromatic rings. The van der Waals surface area contributed by atoms with E-state index in [4.69, 9.17) is 11.6 Å². The molecule has 3 rings (SSSR count). The monoisotopic (exact) mass is 315 g/mol. The first kappa shape index (κ1) is 14.3. The van der Waals surface area contributed by atoms with E-state index in [0.717, 1.165) is 11.3 Å². The predicted octanol–water partition coefficient (Wildman–Crippen LogP) is 1.24. The van der Waals surface area contributed by atoms with Gasteiger partial charge in [0.25, 0.3) is 5.56 Å². The van der Waals surface area contributed by atoms with Gasteiger partial charge in [0, 0.05) is 5.69 Å². The lowest BCUT2D eigenvalue weighted by Gasteiger charge is -1.95. The minimum absolute atomic E-state index is 0.192. The molecular weight excluding hydrogens is 302 g/mol. The van der Waals surface area contributed by atoms with E-state index in [-0.39, 0.29) is 11.3 Å².